The predicted octanol–water partition coefficient (Wildman–Crippen LogP) is 8.71. The summed E-state index contributed by atoms with van der Waals surface area (Å²) in [7, 11) is -1.06. The highest BCUT2D eigenvalue weighted by Crippen LogP contribution is 2.43. The van der Waals surface area contributed by atoms with Crippen molar-refractivity contribution in [2.75, 3.05) is 93.2 Å². The van der Waals surface area contributed by atoms with E-state index in [4.69, 9.17) is 14.7 Å². The fourth-order valence-electron chi connectivity index (χ4n) is 10.8. The van der Waals surface area contributed by atoms with Gasteiger partial charge in [0.2, 0.25) is 17.8 Å². The van der Waals surface area contributed by atoms with Crippen LogP contribution in [0.2, 0.25) is 0 Å². The molecular weight excluding hydrogens is 966 g/mol. The summed E-state index contributed by atoms with van der Waals surface area (Å²) in [5.41, 5.74) is 5.89. The molecule has 366 valence electrons. The SMILES string of the molecule is CCc1ccc2c(P(C)(C)=O)c(Nc3nc(Nc4cc(CC)c(N5CCC(N6CCC(N7CCN(c8cc(F)c([C@H]9CCC(=O)NC9=O)c(F)c8)CC7)CC6)CC5)cc4OC)ncc3Br)ccc2n1. The van der Waals surface area contributed by atoms with Crippen LogP contribution in [0.15, 0.2) is 59.2 Å². The van der Waals surface area contributed by atoms with E-state index < -0.39 is 36.5 Å². The standard InChI is InChI=1S/C51H62BrF2N10O4P/c1-6-31-26-43(58-51-55-30-38(52)49(60-51)57-42-12-11-41-36(48(42)69(4,5)67)9-8-32(7-2)56-41)45(68-3)29-44(31)64-20-16-33(17-21-64)61-18-14-34(15-19-61)62-22-24-63(25-23-62)35-27-39(53)47(40(54)28-35)37-10-13-46(65)59-50(37)66/h8-9,11-12,26-30,33-34,37H,6-7,10,13-25H2,1-5H3,(H,59,65,66)(H2,55,57,58,60)/t37-/m1/s1. The molecule has 0 spiro atoms. The first-order valence-corrected chi connectivity index (χ1v) is 27.7. The van der Waals surface area contributed by atoms with Gasteiger partial charge in [-0.2, -0.15) is 4.98 Å². The monoisotopic (exact) mass is 1030 g/mol. The minimum Gasteiger partial charge on any atom is -0.494 e. The Kier molecular flexibility index (Phi) is 14.6. The molecule has 0 unspecified atom stereocenters. The van der Waals surface area contributed by atoms with Crippen LogP contribution < -0.4 is 35.8 Å². The van der Waals surface area contributed by atoms with Crippen LogP contribution in [0.5, 0.6) is 5.75 Å². The summed E-state index contributed by atoms with van der Waals surface area (Å²) in [4.78, 5) is 47.9. The normalized spacial score (nSPS) is 19.3. The largest absolute Gasteiger partial charge is 0.494 e. The van der Waals surface area contributed by atoms with Crippen molar-refractivity contribution in [2.45, 2.75) is 83.2 Å². The predicted molar refractivity (Wildman–Crippen MR) is 274 cm³/mol. The molecule has 6 heterocycles. The molecule has 4 aliphatic heterocycles. The molecule has 69 heavy (non-hydrogen) atoms. The van der Waals surface area contributed by atoms with Crippen molar-refractivity contribution in [1.29, 1.82) is 0 Å². The number of piperazine rings is 1. The maximum Gasteiger partial charge on any atom is 0.234 e. The number of rotatable bonds is 13. The van der Waals surface area contributed by atoms with E-state index in [9.17, 15) is 14.2 Å². The number of carbonyl (C=O) groups is 2. The van der Waals surface area contributed by atoms with E-state index in [-0.39, 0.29) is 18.4 Å². The minimum atomic E-state index is -2.75. The van der Waals surface area contributed by atoms with Crippen molar-refractivity contribution in [3.63, 3.8) is 0 Å². The van der Waals surface area contributed by atoms with Gasteiger partial charge in [-0.15, -0.1) is 0 Å². The molecule has 4 saturated heterocycles. The van der Waals surface area contributed by atoms with Crippen molar-refractivity contribution in [3.8, 4) is 5.75 Å². The molecule has 0 saturated carbocycles. The van der Waals surface area contributed by atoms with Gasteiger partial charge in [-0.25, -0.2) is 13.8 Å². The first kappa shape index (κ1) is 48.8. The Morgan fingerprint density at radius 2 is 1.48 bits per heavy atom. The number of ether oxygens (including phenoxy) is 1. The Hall–Kier alpha value is -5.22. The second-order valence-corrected chi connectivity index (χ2v) is 23.0. The summed E-state index contributed by atoms with van der Waals surface area (Å²) in [6.45, 7) is 14.8. The van der Waals surface area contributed by atoms with Gasteiger partial charge in [0.1, 0.15) is 30.3 Å². The van der Waals surface area contributed by atoms with E-state index in [0.717, 1.165) is 105 Å². The molecule has 3 N–H and O–H groups in total. The van der Waals surface area contributed by atoms with Crippen LogP contribution in [0.4, 0.5) is 43.3 Å². The van der Waals surface area contributed by atoms with Gasteiger partial charge in [0.25, 0.3) is 0 Å². The van der Waals surface area contributed by atoms with E-state index in [1.807, 2.05) is 29.2 Å². The highest BCUT2D eigenvalue weighted by molar-refractivity contribution is 9.10. The molecule has 9 rings (SSSR count). The number of hydrogen-bond donors (Lipinski definition) is 3. The summed E-state index contributed by atoms with van der Waals surface area (Å²) >= 11 is 3.63. The summed E-state index contributed by atoms with van der Waals surface area (Å²) in [6, 6.07) is 15.8. The number of nitrogens with one attached hydrogen (secondary N) is 3. The molecule has 2 aromatic heterocycles. The number of likely N-dealkylation sites (tertiary alicyclic amines) is 1. The van der Waals surface area contributed by atoms with Crippen molar-refractivity contribution in [2.24, 2.45) is 0 Å². The number of methoxy groups -OCH3 is 1. The van der Waals surface area contributed by atoms with Crippen molar-refractivity contribution in [3.05, 3.63) is 87.7 Å². The average molecular weight is 1030 g/mol. The maximum atomic E-state index is 15.3. The number of imide groups is 1. The Labute approximate surface area is 411 Å². The lowest BCUT2D eigenvalue weighted by atomic mass is 9.89. The highest BCUT2D eigenvalue weighted by atomic mass is 79.9. The third kappa shape index (κ3) is 10.5. The Bertz CT molecular complexity index is 2770. The molecule has 1 atom stereocenters. The molecular formula is C51H62BrF2N10O4P. The summed E-state index contributed by atoms with van der Waals surface area (Å²) < 4.78 is 51.0. The van der Waals surface area contributed by atoms with Crippen molar-refractivity contribution >= 4 is 85.6 Å². The minimum absolute atomic E-state index is 0.0646. The second kappa shape index (κ2) is 20.6. The number of piperidine rings is 3. The fourth-order valence-corrected chi connectivity index (χ4v) is 12.6. The second-order valence-electron chi connectivity index (χ2n) is 19.0. The molecule has 4 fully saturated rings. The number of hydrogen-bond acceptors (Lipinski definition) is 13. The topological polar surface area (TPSA) is 148 Å². The smallest absolute Gasteiger partial charge is 0.234 e. The number of nitrogens with zero attached hydrogens (tertiary/aromatic N) is 7. The molecule has 0 bridgehead atoms. The van der Waals surface area contributed by atoms with Crippen molar-refractivity contribution in [1.82, 2.24) is 30.1 Å². The van der Waals surface area contributed by atoms with Gasteiger partial charge in [0.15, 0.2) is 0 Å². The number of carbonyl (C=O) groups excluding carboxylic acids is 2. The molecule has 0 aliphatic carbocycles. The third-order valence-corrected chi connectivity index (χ3v) is 16.6. The van der Waals surface area contributed by atoms with E-state index in [1.54, 1.807) is 26.6 Å². The Balaban J connectivity index is 0.790. The third-order valence-electron chi connectivity index (χ3n) is 14.5. The fraction of sp³-hybridized carbons (Fsp3) is 0.471. The van der Waals surface area contributed by atoms with Crippen LogP contribution in [-0.4, -0.2) is 121 Å². The molecule has 14 nitrogen and oxygen atoms in total. The first-order valence-electron chi connectivity index (χ1n) is 24.3. The molecule has 5 aromatic rings. The van der Waals surface area contributed by atoms with Gasteiger partial charge in [-0.3, -0.25) is 24.8 Å². The number of aryl methyl sites for hydroxylation is 2. The van der Waals surface area contributed by atoms with E-state index in [2.05, 4.69) is 77.5 Å². The number of fused-ring (bicyclic) bond motifs is 1. The van der Waals surface area contributed by atoms with E-state index >= 15 is 8.78 Å². The lowest BCUT2D eigenvalue weighted by Gasteiger charge is -2.46. The summed E-state index contributed by atoms with van der Waals surface area (Å²) in [5.74, 6) is -1.92. The first-order chi connectivity index (χ1) is 33.2. The van der Waals surface area contributed by atoms with Gasteiger partial charge in [-0.05, 0) is 129 Å². The number of pyridine rings is 1. The van der Waals surface area contributed by atoms with Gasteiger partial charge >= 0.3 is 0 Å². The maximum absolute atomic E-state index is 15.3. The summed E-state index contributed by atoms with van der Waals surface area (Å²) in [5, 5.41) is 10.7. The molecule has 4 aliphatic rings. The van der Waals surface area contributed by atoms with E-state index in [1.165, 1.54) is 23.4 Å². The number of anilines is 6. The molecule has 2 amide bonds. The number of benzene rings is 3. The zero-order valence-corrected chi connectivity index (χ0v) is 42.6. The number of halogens is 3. The Morgan fingerprint density at radius 3 is 2.12 bits per heavy atom. The quantitative estimate of drug-likeness (QED) is 0.0764. The molecule has 0 radical (unpaired) electrons. The van der Waals surface area contributed by atoms with Gasteiger partial charge in [0.05, 0.1) is 34.4 Å². The van der Waals surface area contributed by atoms with Gasteiger partial charge in [0, 0.05) is 103 Å². The molecule has 3 aromatic carbocycles. The number of aromatic nitrogens is 3. The van der Waals surface area contributed by atoms with Crippen LogP contribution in [0.1, 0.15) is 75.1 Å². The zero-order chi connectivity index (χ0) is 48.6. The van der Waals surface area contributed by atoms with Crippen LogP contribution in [0.25, 0.3) is 10.9 Å². The average Bonchev–Trinajstić information content (AvgIpc) is 3.34. The van der Waals surface area contributed by atoms with Crippen LogP contribution in [0.3, 0.4) is 0 Å². The zero-order valence-electron chi connectivity index (χ0n) is 40.1. The van der Waals surface area contributed by atoms with Crippen molar-refractivity contribution < 1.29 is 27.7 Å². The van der Waals surface area contributed by atoms with Crippen LogP contribution in [-0.2, 0) is 27.0 Å². The van der Waals surface area contributed by atoms with Crippen LogP contribution >= 0.6 is 23.1 Å². The van der Waals surface area contributed by atoms with Gasteiger partial charge < -0.3 is 34.6 Å². The van der Waals surface area contributed by atoms with Crippen LogP contribution in [0, 0.1) is 11.6 Å². The van der Waals surface area contributed by atoms with E-state index in [0.29, 0.717) is 58.5 Å². The lowest BCUT2D eigenvalue weighted by Crippen LogP contribution is -2.55. The van der Waals surface area contributed by atoms with Gasteiger partial charge in [-0.1, -0.05) is 19.9 Å². The Morgan fingerprint density at radius 1 is 0.797 bits per heavy atom. The molecule has 18 heteroatoms. The summed E-state index contributed by atoms with van der Waals surface area (Å²) in [6.07, 6.45) is 7.86. The highest BCUT2D eigenvalue weighted by Gasteiger charge is 2.35. The lowest BCUT2D eigenvalue weighted by molar-refractivity contribution is -0.134. The number of amides is 2.